The third-order valence-corrected chi connectivity index (χ3v) is 2.43. The second-order valence-corrected chi connectivity index (χ2v) is 5.66. The lowest BCUT2D eigenvalue weighted by Gasteiger charge is -2.19. The Balaban J connectivity index is 2.76. The molecule has 3 N–H and O–H groups in total. The van der Waals surface area contributed by atoms with Crippen LogP contribution >= 0.6 is 0 Å². The number of amides is 2. The van der Waals surface area contributed by atoms with Gasteiger partial charge in [-0.25, -0.2) is 9.59 Å². The fraction of sp³-hybridized carbons (Fsp3) is 0.400. The van der Waals surface area contributed by atoms with Crippen LogP contribution in [0.2, 0.25) is 0 Å². The molecule has 0 fully saturated rings. The first-order chi connectivity index (χ1) is 10.1. The van der Waals surface area contributed by atoms with Crippen LogP contribution < -0.4 is 11.1 Å². The Morgan fingerprint density at radius 1 is 1.23 bits per heavy atom. The van der Waals surface area contributed by atoms with Gasteiger partial charge < -0.3 is 15.2 Å². The highest BCUT2D eigenvalue weighted by molar-refractivity contribution is 5.94. The van der Waals surface area contributed by atoms with Crippen LogP contribution in [0.1, 0.15) is 38.1 Å². The van der Waals surface area contributed by atoms with Crippen LogP contribution in [0.4, 0.5) is 10.5 Å². The maximum atomic E-state index is 11.9. The zero-order chi connectivity index (χ0) is 16.9. The Bertz CT molecular complexity index is 578. The Kier molecular flexibility index (Phi) is 5.50. The summed E-state index contributed by atoms with van der Waals surface area (Å²) in [5.41, 5.74) is 4.95. The van der Waals surface area contributed by atoms with Gasteiger partial charge in [0.2, 0.25) is 0 Å². The monoisotopic (exact) mass is 308 g/mol. The summed E-state index contributed by atoms with van der Waals surface area (Å²) in [6.45, 7) is 6.60. The fourth-order valence-corrected chi connectivity index (χ4v) is 1.43. The molecule has 0 aliphatic heterocycles. The Labute approximate surface area is 128 Å². The number of ether oxygens (including phenoxy) is 2. The van der Waals surface area contributed by atoms with Gasteiger partial charge in [-0.05, 0) is 45.9 Å². The van der Waals surface area contributed by atoms with E-state index in [2.05, 4.69) is 5.32 Å². The van der Waals surface area contributed by atoms with Crippen molar-refractivity contribution in [2.75, 3.05) is 5.32 Å². The molecular weight excluding hydrogens is 288 g/mol. The van der Waals surface area contributed by atoms with E-state index in [9.17, 15) is 14.4 Å². The van der Waals surface area contributed by atoms with Crippen LogP contribution in [0, 0.1) is 0 Å². The molecule has 7 nitrogen and oxygen atoms in total. The maximum absolute atomic E-state index is 11.9. The number of carbonyl (C=O) groups excluding carboxylic acids is 3. The van der Waals surface area contributed by atoms with Crippen LogP contribution in [0.25, 0.3) is 0 Å². The number of anilines is 1. The number of nitrogens with one attached hydrogen (secondary N) is 1. The largest absolute Gasteiger partial charge is 0.449 e. The minimum atomic E-state index is -1.03. The summed E-state index contributed by atoms with van der Waals surface area (Å²) in [7, 11) is 0. The minimum Gasteiger partial charge on any atom is -0.449 e. The molecule has 1 rings (SSSR count). The number of rotatable bonds is 4. The SMILES string of the molecule is C[C@H](OC(=O)c1cccc(NC(=O)OC(C)(C)C)c1)C(N)=O. The molecular formula is C15H20N2O5. The molecule has 0 aromatic heterocycles. The van der Waals surface area contributed by atoms with Crippen molar-refractivity contribution < 1.29 is 23.9 Å². The van der Waals surface area contributed by atoms with E-state index < -0.39 is 29.7 Å². The smallest absolute Gasteiger partial charge is 0.412 e. The second kappa shape index (κ2) is 6.93. The predicted octanol–water partition coefficient (Wildman–Crippen LogP) is 2.06. The van der Waals surface area contributed by atoms with E-state index in [-0.39, 0.29) is 5.56 Å². The highest BCUT2D eigenvalue weighted by Crippen LogP contribution is 2.14. The molecule has 0 saturated carbocycles. The average Bonchev–Trinajstić information content (AvgIpc) is 2.36. The van der Waals surface area contributed by atoms with Gasteiger partial charge in [0, 0.05) is 5.69 Å². The lowest BCUT2D eigenvalue weighted by atomic mass is 10.2. The third-order valence-electron chi connectivity index (χ3n) is 2.43. The molecule has 0 saturated heterocycles. The van der Waals surface area contributed by atoms with E-state index in [4.69, 9.17) is 15.2 Å². The van der Waals surface area contributed by atoms with Crippen molar-refractivity contribution in [1.82, 2.24) is 0 Å². The molecule has 0 heterocycles. The maximum Gasteiger partial charge on any atom is 0.412 e. The number of carbonyl (C=O) groups is 3. The topological polar surface area (TPSA) is 108 Å². The van der Waals surface area contributed by atoms with E-state index in [1.54, 1.807) is 32.9 Å². The molecule has 7 heteroatoms. The zero-order valence-electron chi connectivity index (χ0n) is 13.0. The Morgan fingerprint density at radius 2 is 1.86 bits per heavy atom. The van der Waals surface area contributed by atoms with Gasteiger partial charge >= 0.3 is 12.1 Å². The molecule has 0 unspecified atom stereocenters. The van der Waals surface area contributed by atoms with Crippen molar-refractivity contribution in [3.63, 3.8) is 0 Å². The zero-order valence-corrected chi connectivity index (χ0v) is 13.0. The summed E-state index contributed by atoms with van der Waals surface area (Å²) in [5, 5.41) is 2.51. The summed E-state index contributed by atoms with van der Waals surface area (Å²) in [6.07, 6.45) is -1.67. The number of nitrogens with two attached hydrogens (primary N) is 1. The molecule has 0 bridgehead atoms. The molecule has 0 spiro atoms. The number of esters is 1. The van der Waals surface area contributed by atoms with Crippen LogP contribution in [-0.2, 0) is 14.3 Å². The lowest BCUT2D eigenvalue weighted by molar-refractivity contribution is -0.125. The van der Waals surface area contributed by atoms with Crippen molar-refractivity contribution in [2.24, 2.45) is 5.73 Å². The minimum absolute atomic E-state index is 0.182. The molecule has 0 aliphatic carbocycles. The van der Waals surface area contributed by atoms with E-state index >= 15 is 0 Å². The van der Waals surface area contributed by atoms with Crippen molar-refractivity contribution in [2.45, 2.75) is 39.4 Å². The van der Waals surface area contributed by atoms with Crippen molar-refractivity contribution >= 4 is 23.7 Å². The van der Waals surface area contributed by atoms with Crippen LogP contribution in [-0.4, -0.2) is 29.7 Å². The Morgan fingerprint density at radius 3 is 2.41 bits per heavy atom. The van der Waals surface area contributed by atoms with Crippen LogP contribution in [0.3, 0.4) is 0 Å². The molecule has 2 amide bonds. The molecule has 1 aromatic rings. The van der Waals surface area contributed by atoms with Gasteiger partial charge in [0.1, 0.15) is 5.60 Å². The van der Waals surface area contributed by atoms with Gasteiger partial charge in [0.05, 0.1) is 5.56 Å². The number of hydrogen-bond acceptors (Lipinski definition) is 5. The highest BCUT2D eigenvalue weighted by atomic mass is 16.6. The Hall–Kier alpha value is -2.57. The van der Waals surface area contributed by atoms with E-state index in [1.165, 1.54) is 19.1 Å². The standard InChI is InChI=1S/C15H20N2O5/c1-9(12(16)18)21-13(19)10-6-5-7-11(8-10)17-14(20)22-15(2,3)4/h5-9H,1-4H3,(H2,16,18)(H,17,20)/t9-/m0/s1. The molecule has 1 aromatic carbocycles. The lowest BCUT2D eigenvalue weighted by Crippen LogP contribution is -2.30. The summed E-state index contributed by atoms with van der Waals surface area (Å²) < 4.78 is 9.99. The number of hydrogen-bond donors (Lipinski definition) is 2. The second-order valence-electron chi connectivity index (χ2n) is 5.66. The van der Waals surface area contributed by atoms with Crippen molar-refractivity contribution in [3.8, 4) is 0 Å². The van der Waals surface area contributed by atoms with E-state index in [0.29, 0.717) is 5.69 Å². The highest BCUT2D eigenvalue weighted by Gasteiger charge is 2.18. The molecule has 0 radical (unpaired) electrons. The molecule has 120 valence electrons. The van der Waals surface area contributed by atoms with Crippen molar-refractivity contribution in [3.05, 3.63) is 29.8 Å². The third kappa shape index (κ3) is 5.82. The van der Waals surface area contributed by atoms with E-state index in [1.807, 2.05) is 0 Å². The van der Waals surface area contributed by atoms with Gasteiger partial charge in [-0.2, -0.15) is 0 Å². The average molecular weight is 308 g/mol. The van der Waals surface area contributed by atoms with E-state index in [0.717, 1.165) is 0 Å². The molecule has 22 heavy (non-hydrogen) atoms. The van der Waals surface area contributed by atoms with Gasteiger partial charge in [-0.1, -0.05) is 6.07 Å². The van der Waals surface area contributed by atoms with Gasteiger partial charge in [0.15, 0.2) is 6.10 Å². The molecule has 1 atom stereocenters. The van der Waals surface area contributed by atoms with Crippen LogP contribution in [0.5, 0.6) is 0 Å². The molecule has 0 aliphatic rings. The number of benzene rings is 1. The van der Waals surface area contributed by atoms with Crippen LogP contribution in [0.15, 0.2) is 24.3 Å². The number of primary amides is 1. The van der Waals surface area contributed by atoms with Crippen molar-refractivity contribution in [1.29, 1.82) is 0 Å². The van der Waals surface area contributed by atoms with Gasteiger partial charge in [0.25, 0.3) is 5.91 Å². The first-order valence-electron chi connectivity index (χ1n) is 6.69. The quantitative estimate of drug-likeness (QED) is 0.828. The first-order valence-corrected chi connectivity index (χ1v) is 6.69. The summed E-state index contributed by atoms with van der Waals surface area (Å²) >= 11 is 0. The summed E-state index contributed by atoms with van der Waals surface area (Å²) in [6, 6.07) is 6.08. The van der Waals surface area contributed by atoms with Gasteiger partial charge in [-0.3, -0.25) is 10.1 Å². The first kappa shape index (κ1) is 17.5. The summed E-state index contributed by atoms with van der Waals surface area (Å²) in [4.78, 5) is 34.4. The predicted molar refractivity (Wildman–Crippen MR) is 80.4 cm³/mol. The van der Waals surface area contributed by atoms with Gasteiger partial charge in [-0.15, -0.1) is 0 Å². The fourth-order valence-electron chi connectivity index (χ4n) is 1.43. The summed E-state index contributed by atoms with van der Waals surface area (Å²) in [5.74, 6) is -1.45. The normalized spacial score (nSPS) is 12.2.